The molecule has 0 aromatic heterocycles. The average Bonchev–Trinajstić information content (AvgIpc) is 2.35. The van der Waals surface area contributed by atoms with E-state index in [0.29, 0.717) is 5.92 Å². The number of benzene rings is 2. The third kappa shape index (κ3) is 2.61. The van der Waals surface area contributed by atoms with Gasteiger partial charge in [-0.25, -0.2) is 0 Å². The standard InChI is InChI=1S/C15H19N/c1-12(11-16)6-7-13-8-9-14-4-2-3-5-15(14)10-13/h2-5,8-10,12H,6-7,11,16H2,1H3. The summed E-state index contributed by atoms with van der Waals surface area (Å²) >= 11 is 0. The fourth-order valence-corrected chi connectivity index (χ4v) is 1.93. The Hall–Kier alpha value is -1.34. The molecule has 2 rings (SSSR count). The lowest BCUT2D eigenvalue weighted by molar-refractivity contribution is 0.545. The van der Waals surface area contributed by atoms with Crippen molar-refractivity contribution in [3.8, 4) is 0 Å². The highest BCUT2D eigenvalue weighted by molar-refractivity contribution is 5.82. The van der Waals surface area contributed by atoms with Crippen LogP contribution >= 0.6 is 0 Å². The molecule has 1 heteroatoms. The smallest absolute Gasteiger partial charge is 0.00514 e. The van der Waals surface area contributed by atoms with Crippen molar-refractivity contribution in [3.05, 3.63) is 48.0 Å². The number of rotatable bonds is 4. The van der Waals surface area contributed by atoms with E-state index in [1.165, 1.54) is 22.8 Å². The molecule has 0 fully saturated rings. The van der Waals surface area contributed by atoms with Crippen molar-refractivity contribution in [1.82, 2.24) is 0 Å². The molecule has 0 saturated carbocycles. The molecule has 0 aliphatic carbocycles. The molecule has 0 aliphatic heterocycles. The Morgan fingerprint density at radius 3 is 2.56 bits per heavy atom. The van der Waals surface area contributed by atoms with Crippen molar-refractivity contribution in [2.45, 2.75) is 19.8 Å². The van der Waals surface area contributed by atoms with Gasteiger partial charge < -0.3 is 5.73 Å². The highest BCUT2D eigenvalue weighted by Gasteiger charge is 2.01. The van der Waals surface area contributed by atoms with Crippen molar-refractivity contribution in [3.63, 3.8) is 0 Å². The van der Waals surface area contributed by atoms with Crippen molar-refractivity contribution < 1.29 is 0 Å². The predicted molar refractivity (Wildman–Crippen MR) is 70.5 cm³/mol. The molecule has 16 heavy (non-hydrogen) atoms. The van der Waals surface area contributed by atoms with Crippen LogP contribution in [-0.4, -0.2) is 6.54 Å². The Labute approximate surface area is 97.3 Å². The first-order valence-electron chi connectivity index (χ1n) is 5.97. The van der Waals surface area contributed by atoms with Gasteiger partial charge in [0.25, 0.3) is 0 Å². The Bertz CT molecular complexity index is 462. The Morgan fingerprint density at radius 2 is 1.81 bits per heavy atom. The van der Waals surface area contributed by atoms with Crippen LogP contribution in [0.15, 0.2) is 42.5 Å². The van der Waals surface area contributed by atoms with Crippen molar-refractivity contribution in [1.29, 1.82) is 0 Å². The molecule has 0 spiro atoms. The summed E-state index contributed by atoms with van der Waals surface area (Å²) in [4.78, 5) is 0. The van der Waals surface area contributed by atoms with Crippen molar-refractivity contribution in [2.24, 2.45) is 11.7 Å². The second kappa shape index (κ2) is 5.13. The minimum absolute atomic E-state index is 0.617. The van der Waals surface area contributed by atoms with Crippen LogP contribution in [0.3, 0.4) is 0 Å². The lowest BCUT2D eigenvalue weighted by Crippen LogP contribution is -2.11. The van der Waals surface area contributed by atoms with E-state index in [4.69, 9.17) is 5.73 Å². The van der Waals surface area contributed by atoms with Gasteiger partial charge in [0.2, 0.25) is 0 Å². The normalized spacial score (nSPS) is 12.9. The van der Waals surface area contributed by atoms with Gasteiger partial charge in [-0.3, -0.25) is 0 Å². The van der Waals surface area contributed by atoms with Crippen LogP contribution in [0.2, 0.25) is 0 Å². The minimum Gasteiger partial charge on any atom is -0.330 e. The monoisotopic (exact) mass is 213 g/mol. The summed E-state index contributed by atoms with van der Waals surface area (Å²) in [5.74, 6) is 0.617. The molecule has 1 nitrogen and oxygen atoms in total. The van der Waals surface area contributed by atoms with Gasteiger partial charge in [-0.05, 0) is 41.6 Å². The molecule has 84 valence electrons. The van der Waals surface area contributed by atoms with E-state index in [1.54, 1.807) is 0 Å². The van der Waals surface area contributed by atoms with E-state index in [2.05, 4.69) is 49.4 Å². The van der Waals surface area contributed by atoms with Gasteiger partial charge in [0.15, 0.2) is 0 Å². The first kappa shape index (κ1) is 11.2. The number of hydrogen-bond donors (Lipinski definition) is 1. The molecule has 0 aliphatic rings. The van der Waals surface area contributed by atoms with Crippen LogP contribution in [0.25, 0.3) is 10.8 Å². The second-order valence-corrected chi connectivity index (χ2v) is 4.56. The zero-order valence-corrected chi connectivity index (χ0v) is 9.82. The summed E-state index contributed by atoms with van der Waals surface area (Å²) in [6.07, 6.45) is 2.30. The third-order valence-electron chi connectivity index (χ3n) is 3.14. The van der Waals surface area contributed by atoms with Gasteiger partial charge in [-0.15, -0.1) is 0 Å². The first-order valence-corrected chi connectivity index (χ1v) is 5.97. The van der Waals surface area contributed by atoms with Gasteiger partial charge in [-0.2, -0.15) is 0 Å². The molecular formula is C15H19N. The maximum atomic E-state index is 5.63. The summed E-state index contributed by atoms with van der Waals surface area (Å²) in [5.41, 5.74) is 7.04. The second-order valence-electron chi connectivity index (χ2n) is 4.56. The lowest BCUT2D eigenvalue weighted by Gasteiger charge is -2.08. The zero-order valence-electron chi connectivity index (χ0n) is 9.82. The average molecular weight is 213 g/mol. The van der Waals surface area contributed by atoms with Gasteiger partial charge in [-0.1, -0.05) is 49.4 Å². The van der Waals surface area contributed by atoms with Crippen LogP contribution in [0.1, 0.15) is 18.9 Å². The fraction of sp³-hybridized carbons (Fsp3) is 0.333. The van der Waals surface area contributed by atoms with Gasteiger partial charge in [0, 0.05) is 0 Å². The SMILES string of the molecule is CC(CN)CCc1ccc2ccccc2c1. The summed E-state index contributed by atoms with van der Waals surface area (Å²) in [5, 5.41) is 2.65. The highest BCUT2D eigenvalue weighted by Crippen LogP contribution is 2.17. The highest BCUT2D eigenvalue weighted by atomic mass is 14.5. The Balaban J connectivity index is 2.13. The topological polar surface area (TPSA) is 26.0 Å². The van der Waals surface area contributed by atoms with Crippen LogP contribution in [-0.2, 0) is 6.42 Å². The minimum atomic E-state index is 0.617. The molecule has 2 N–H and O–H groups in total. The molecule has 0 heterocycles. The third-order valence-corrected chi connectivity index (χ3v) is 3.14. The molecular weight excluding hydrogens is 194 g/mol. The van der Waals surface area contributed by atoms with E-state index in [1.807, 2.05) is 0 Å². The molecule has 0 radical (unpaired) electrons. The fourth-order valence-electron chi connectivity index (χ4n) is 1.93. The summed E-state index contributed by atoms with van der Waals surface area (Å²) in [6.45, 7) is 2.99. The van der Waals surface area contributed by atoms with Crippen LogP contribution in [0.5, 0.6) is 0 Å². The number of hydrogen-bond acceptors (Lipinski definition) is 1. The van der Waals surface area contributed by atoms with E-state index >= 15 is 0 Å². The summed E-state index contributed by atoms with van der Waals surface area (Å²) < 4.78 is 0. The quantitative estimate of drug-likeness (QED) is 0.828. The van der Waals surface area contributed by atoms with Gasteiger partial charge in [0.05, 0.1) is 0 Å². The lowest BCUT2D eigenvalue weighted by atomic mass is 9.99. The zero-order chi connectivity index (χ0) is 11.4. The molecule has 0 bridgehead atoms. The van der Waals surface area contributed by atoms with E-state index in [0.717, 1.165) is 13.0 Å². The molecule has 1 atom stereocenters. The number of nitrogens with two attached hydrogens (primary N) is 1. The first-order chi connectivity index (χ1) is 7.79. The molecule has 0 saturated heterocycles. The van der Waals surface area contributed by atoms with Gasteiger partial charge in [0.1, 0.15) is 0 Å². The van der Waals surface area contributed by atoms with Crippen LogP contribution in [0.4, 0.5) is 0 Å². The summed E-state index contributed by atoms with van der Waals surface area (Å²) in [6, 6.07) is 15.2. The maximum absolute atomic E-state index is 5.63. The molecule has 2 aromatic carbocycles. The molecule has 2 aromatic rings. The van der Waals surface area contributed by atoms with Gasteiger partial charge >= 0.3 is 0 Å². The largest absolute Gasteiger partial charge is 0.330 e. The molecule has 0 amide bonds. The van der Waals surface area contributed by atoms with Crippen molar-refractivity contribution in [2.75, 3.05) is 6.54 Å². The van der Waals surface area contributed by atoms with Crippen LogP contribution in [0, 0.1) is 5.92 Å². The summed E-state index contributed by atoms with van der Waals surface area (Å²) in [7, 11) is 0. The Kier molecular flexibility index (Phi) is 3.58. The van der Waals surface area contributed by atoms with E-state index < -0.39 is 0 Å². The molecule has 1 unspecified atom stereocenters. The Morgan fingerprint density at radius 1 is 1.06 bits per heavy atom. The van der Waals surface area contributed by atoms with Crippen molar-refractivity contribution >= 4 is 10.8 Å². The van der Waals surface area contributed by atoms with Crippen LogP contribution < -0.4 is 5.73 Å². The maximum Gasteiger partial charge on any atom is -0.00514 e. The predicted octanol–water partition coefficient (Wildman–Crippen LogP) is 3.37. The number of fused-ring (bicyclic) bond motifs is 1. The number of aryl methyl sites for hydroxylation is 1. The van der Waals surface area contributed by atoms with E-state index in [-0.39, 0.29) is 0 Å². The van der Waals surface area contributed by atoms with E-state index in [9.17, 15) is 0 Å².